The van der Waals surface area contributed by atoms with Crippen molar-refractivity contribution in [3.8, 4) is 5.75 Å². The van der Waals surface area contributed by atoms with Crippen molar-refractivity contribution >= 4 is 5.91 Å². The number of hydrogen-bond acceptors (Lipinski definition) is 4. The van der Waals surface area contributed by atoms with Gasteiger partial charge in [0.1, 0.15) is 5.75 Å². The maximum Gasteiger partial charge on any atom is 0.251 e. The van der Waals surface area contributed by atoms with Gasteiger partial charge in [0.05, 0.1) is 19.8 Å². The zero-order valence-corrected chi connectivity index (χ0v) is 12.4. The highest BCUT2D eigenvalue weighted by molar-refractivity contribution is 5.94. The summed E-state index contributed by atoms with van der Waals surface area (Å²) >= 11 is 0. The molecule has 0 aromatic heterocycles. The first-order valence-corrected chi connectivity index (χ1v) is 7.54. The smallest absolute Gasteiger partial charge is 0.251 e. The third-order valence-corrected chi connectivity index (χ3v) is 4.28. The normalized spacial score (nSPS) is 25.4. The SMILES string of the molecule is COc1cccc(C(=O)NCC2CN3CCCC3CO2)c1. The second-order valence-corrected chi connectivity index (χ2v) is 5.69. The molecular weight excluding hydrogens is 268 g/mol. The highest BCUT2D eigenvalue weighted by Gasteiger charge is 2.32. The molecule has 0 radical (unpaired) electrons. The fourth-order valence-corrected chi connectivity index (χ4v) is 3.08. The number of benzene rings is 1. The molecule has 5 nitrogen and oxygen atoms in total. The molecule has 114 valence electrons. The quantitative estimate of drug-likeness (QED) is 0.908. The third kappa shape index (κ3) is 3.36. The summed E-state index contributed by atoms with van der Waals surface area (Å²) in [6, 6.07) is 7.77. The van der Waals surface area contributed by atoms with E-state index in [9.17, 15) is 4.79 Å². The molecule has 5 heteroatoms. The number of methoxy groups -OCH3 is 1. The molecule has 2 heterocycles. The van der Waals surface area contributed by atoms with E-state index in [1.807, 2.05) is 12.1 Å². The van der Waals surface area contributed by atoms with Crippen molar-refractivity contribution in [1.82, 2.24) is 10.2 Å². The monoisotopic (exact) mass is 290 g/mol. The van der Waals surface area contributed by atoms with Crippen LogP contribution in [0.5, 0.6) is 5.75 Å². The van der Waals surface area contributed by atoms with Crippen molar-refractivity contribution in [1.29, 1.82) is 0 Å². The zero-order valence-electron chi connectivity index (χ0n) is 12.4. The van der Waals surface area contributed by atoms with Crippen LogP contribution in [0.25, 0.3) is 0 Å². The molecule has 2 saturated heterocycles. The molecule has 0 saturated carbocycles. The number of carbonyl (C=O) groups is 1. The van der Waals surface area contributed by atoms with E-state index in [0.29, 0.717) is 23.9 Å². The van der Waals surface area contributed by atoms with Crippen molar-refractivity contribution in [3.63, 3.8) is 0 Å². The number of amides is 1. The van der Waals surface area contributed by atoms with E-state index >= 15 is 0 Å². The van der Waals surface area contributed by atoms with Crippen LogP contribution in [0.1, 0.15) is 23.2 Å². The first-order chi connectivity index (χ1) is 10.3. The summed E-state index contributed by atoms with van der Waals surface area (Å²) in [7, 11) is 1.60. The fourth-order valence-electron chi connectivity index (χ4n) is 3.08. The van der Waals surface area contributed by atoms with Gasteiger partial charge in [-0.05, 0) is 37.6 Å². The predicted octanol–water partition coefficient (Wildman–Crippen LogP) is 1.29. The topological polar surface area (TPSA) is 50.8 Å². The van der Waals surface area contributed by atoms with Gasteiger partial charge in [-0.25, -0.2) is 0 Å². The Morgan fingerprint density at radius 3 is 3.29 bits per heavy atom. The average molecular weight is 290 g/mol. The number of ether oxygens (including phenoxy) is 2. The number of hydrogen-bond donors (Lipinski definition) is 1. The first-order valence-electron chi connectivity index (χ1n) is 7.54. The van der Waals surface area contributed by atoms with Gasteiger partial charge in [0.2, 0.25) is 0 Å². The Bertz CT molecular complexity index is 506. The average Bonchev–Trinajstić information content (AvgIpc) is 3.00. The van der Waals surface area contributed by atoms with Crippen molar-refractivity contribution in [2.75, 3.05) is 33.4 Å². The number of nitrogens with zero attached hydrogens (tertiary/aromatic N) is 1. The van der Waals surface area contributed by atoms with Crippen molar-refractivity contribution in [2.45, 2.75) is 25.0 Å². The van der Waals surface area contributed by atoms with Crippen LogP contribution >= 0.6 is 0 Å². The van der Waals surface area contributed by atoms with Gasteiger partial charge in [-0.15, -0.1) is 0 Å². The van der Waals surface area contributed by atoms with Crippen LogP contribution in [0, 0.1) is 0 Å². The lowest BCUT2D eigenvalue weighted by Crippen LogP contribution is -2.50. The lowest BCUT2D eigenvalue weighted by atomic mass is 10.1. The van der Waals surface area contributed by atoms with Crippen molar-refractivity contribution in [2.24, 2.45) is 0 Å². The molecule has 2 fully saturated rings. The van der Waals surface area contributed by atoms with Crippen molar-refractivity contribution in [3.05, 3.63) is 29.8 Å². The number of carbonyl (C=O) groups excluding carboxylic acids is 1. The van der Waals surface area contributed by atoms with Crippen molar-refractivity contribution < 1.29 is 14.3 Å². The van der Waals surface area contributed by atoms with Crippen LogP contribution in [-0.2, 0) is 4.74 Å². The Hall–Kier alpha value is -1.59. The van der Waals surface area contributed by atoms with Crippen LogP contribution in [0.4, 0.5) is 0 Å². The largest absolute Gasteiger partial charge is 0.497 e. The summed E-state index contributed by atoms with van der Waals surface area (Å²) in [5.74, 6) is 0.609. The van der Waals surface area contributed by atoms with Crippen LogP contribution in [0.3, 0.4) is 0 Å². The van der Waals surface area contributed by atoms with E-state index in [2.05, 4.69) is 10.2 Å². The Balaban J connectivity index is 1.51. The molecule has 2 unspecified atom stereocenters. The molecule has 3 rings (SSSR count). The predicted molar refractivity (Wildman–Crippen MR) is 79.7 cm³/mol. The Kier molecular flexibility index (Phi) is 4.41. The number of fused-ring (bicyclic) bond motifs is 1. The lowest BCUT2D eigenvalue weighted by molar-refractivity contribution is -0.0461. The summed E-state index contributed by atoms with van der Waals surface area (Å²) in [5, 5.41) is 2.95. The van der Waals surface area contributed by atoms with Gasteiger partial charge in [-0.2, -0.15) is 0 Å². The number of nitrogens with one attached hydrogen (secondary N) is 1. The van der Waals surface area contributed by atoms with Gasteiger partial charge in [0.25, 0.3) is 5.91 Å². The van der Waals surface area contributed by atoms with Gasteiger partial charge < -0.3 is 14.8 Å². The molecule has 1 aromatic carbocycles. The van der Waals surface area contributed by atoms with Crippen LogP contribution in [0.15, 0.2) is 24.3 Å². The van der Waals surface area contributed by atoms with Crippen LogP contribution < -0.4 is 10.1 Å². The van der Waals surface area contributed by atoms with E-state index < -0.39 is 0 Å². The maximum atomic E-state index is 12.1. The van der Waals surface area contributed by atoms with E-state index in [1.54, 1.807) is 19.2 Å². The van der Waals surface area contributed by atoms with Gasteiger partial charge in [-0.3, -0.25) is 9.69 Å². The molecule has 0 spiro atoms. The molecule has 2 atom stereocenters. The second kappa shape index (κ2) is 6.45. The van der Waals surface area contributed by atoms with Crippen LogP contribution in [0.2, 0.25) is 0 Å². The van der Waals surface area contributed by atoms with E-state index in [1.165, 1.54) is 12.8 Å². The highest BCUT2D eigenvalue weighted by Crippen LogP contribution is 2.22. The zero-order chi connectivity index (χ0) is 14.7. The standard InChI is InChI=1S/C16H22N2O3/c1-20-14-6-2-4-12(8-14)16(19)17-9-15-10-18-7-3-5-13(18)11-21-15/h2,4,6,8,13,15H,3,5,7,9-11H2,1H3,(H,17,19). The third-order valence-electron chi connectivity index (χ3n) is 4.28. The van der Waals surface area contributed by atoms with Crippen LogP contribution in [-0.4, -0.2) is 56.3 Å². The van der Waals surface area contributed by atoms with E-state index in [4.69, 9.17) is 9.47 Å². The summed E-state index contributed by atoms with van der Waals surface area (Å²) < 4.78 is 11.0. The Labute approximate surface area is 125 Å². The lowest BCUT2D eigenvalue weighted by Gasteiger charge is -2.35. The van der Waals surface area contributed by atoms with Gasteiger partial charge in [0, 0.05) is 24.7 Å². The molecule has 1 aromatic rings. The highest BCUT2D eigenvalue weighted by atomic mass is 16.5. The molecular formula is C16H22N2O3. The minimum Gasteiger partial charge on any atom is -0.497 e. The summed E-state index contributed by atoms with van der Waals surface area (Å²) in [4.78, 5) is 14.6. The number of morpholine rings is 1. The summed E-state index contributed by atoms with van der Waals surface area (Å²) in [6.07, 6.45) is 2.59. The summed E-state index contributed by atoms with van der Waals surface area (Å²) in [6.45, 7) is 3.43. The molecule has 2 aliphatic rings. The Morgan fingerprint density at radius 2 is 2.43 bits per heavy atom. The molecule has 1 amide bonds. The first kappa shape index (κ1) is 14.4. The molecule has 0 aliphatic carbocycles. The second-order valence-electron chi connectivity index (χ2n) is 5.69. The minimum absolute atomic E-state index is 0.0824. The molecule has 2 aliphatic heterocycles. The molecule has 0 bridgehead atoms. The fraction of sp³-hybridized carbons (Fsp3) is 0.562. The van der Waals surface area contributed by atoms with Gasteiger partial charge in [-0.1, -0.05) is 6.07 Å². The van der Waals surface area contributed by atoms with Gasteiger partial charge >= 0.3 is 0 Å². The molecule has 21 heavy (non-hydrogen) atoms. The van der Waals surface area contributed by atoms with Gasteiger partial charge in [0.15, 0.2) is 0 Å². The Morgan fingerprint density at radius 1 is 1.52 bits per heavy atom. The number of rotatable bonds is 4. The maximum absolute atomic E-state index is 12.1. The minimum atomic E-state index is -0.0824. The van der Waals surface area contributed by atoms with E-state index in [0.717, 1.165) is 19.7 Å². The molecule has 1 N–H and O–H groups in total. The summed E-state index contributed by atoms with van der Waals surface area (Å²) in [5.41, 5.74) is 0.615. The van der Waals surface area contributed by atoms with E-state index in [-0.39, 0.29) is 12.0 Å².